The molecule has 0 radical (unpaired) electrons. The molecule has 7 heteroatoms. The second-order valence-corrected chi connectivity index (χ2v) is 6.30. The molecule has 0 atom stereocenters. The number of nitrogens with zero attached hydrogens (tertiary/aromatic N) is 2. The lowest BCUT2D eigenvalue weighted by Crippen LogP contribution is -2.23. The van der Waals surface area contributed by atoms with E-state index >= 15 is 0 Å². The molecule has 0 spiro atoms. The molecule has 128 valence electrons. The van der Waals surface area contributed by atoms with Gasteiger partial charge < -0.3 is 14.6 Å². The number of nitrogens with one attached hydrogen (secondary N) is 1. The van der Waals surface area contributed by atoms with Gasteiger partial charge in [-0.25, -0.2) is 0 Å². The molecular formula is C18H16BrN3O3. The van der Waals surface area contributed by atoms with E-state index in [0.29, 0.717) is 17.3 Å². The Labute approximate surface area is 153 Å². The lowest BCUT2D eigenvalue weighted by atomic mass is 10.1. The average molecular weight is 402 g/mol. The monoisotopic (exact) mass is 401 g/mol. The van der Waals surface area contributed by atoms with Crippen molar-refractivity contribution in [3.8, 4) is 17.1 Å². The minimum Gasteiger partial charge on any atom is -0.496 e. The van der Waals surface area contributed by atoms with Gasteiger partial charge in [0.25, 0.3) is 5.91 Å². The summed E-state index contributed by atoms with van der Waals surface area (Å²) in [4.78, 5) is 16.5. The number of carbonyl (C=O) groups is 1. The van der Waals surface area contributed by atoms with Gasteiger partial charge in [0, 0.05) is 15.6 Å². The Morgan fingerprint density at radius 1 is 1.28 bits per heavy atom. The predicted molar refractivity (Wildman–Crippen MR) is 96.3 cm³/mol. The zero-order chi connectivity index (χ0) is 17.8. The van der Waals surface area contributed by atoms with Crippen LogP contribution in [-0.4, -0.2) is 23.2 Å². The van der Waals surface area contributed by atoms with E-state index in [-0.39, 0.29) is 12.5 Å². The van der Waals surface area contributed by atoms with Gasteiger partial charge in [0.15, 0.2) is 0 Å². The van der Waals surface area contributed by atoms with Gasteiger partial charge in [0.2, 0.25) is 11.7 Å². The summed E-state index contributed by atoms with van der Waals surface area (Å²) < 4.78 is 11.3. The van der Waals surface area contributed by atoms with Crippen molar-refractivity contribution in [2.45, 2.75) is 13.5 Å². The predicted octanol–water partition coefficient (Wildman–Crippen LogP) is 3.75. The van der Waals surface area contributed by atoms with Crippen molar-refractivity contribution in [3.63, 3.8) is 0 Å². The second kappa shape index (κ2) is 7.48. The van der Waals surface area contributed by atoms with Crippen molar-refractivity contribution in [1.82, 2.24) is 15.5 Å². The number of rotatable bonds is 5. The zero-order valence-electron chi connectivity index (χ0n) is 13.7. The van der Waals surface area contributed by atoms with Crippen molar-refractivity contribution in [1.29, 1.82) is 0 Å². The van der Waals surface area contributed by atoms with Crippen molar-refractivity contribution in [2.24, 2.45) is 0 Å². The third kappa shape index (κ3) is 4.06. The minimum atomic E-state index is -0.215. The van der Waals surface area contributed by atoms with E-state index in [1.165, 1.54) is 0 Å². The molecule has 0 bridgehead atoms. The standard InChI is InChI=1S/C18H16BrN3O3/c1-11-8-13(6-7-15(11)24-2)18(23)20-10-16-21-17(22-25-16)12-4-3-5-14(19)9-12/h3-9H,10H2,1-2H3,(H,20,23). The van der Waals surface area contributed by atoms with E-state index in [2.05, 4.69) is 31.4 Å². The summed E-state index contributed by atoms with van der Waals surface area (Å²) in [7, 11) is 1.60. The maximum atomic E-state index is 12.2. The van der Waals surface area contributed by atoms with Crippen LogP contribution in [0, 0.1) is 6.92 Å². The smallest absolute Gasteiger partial charge is 0.251 e. The minimum absolute atomic E-state index is 0.158. The van der Waals surface area contributed by atoms with Crippen LogP contribution in [0.2, 0.25) is 0 Å². The summed E-state index contributed by atoms with van der Waals surface area (Å²) in [5, 5.41) is 6.71. The fourth-order valence-corrected chi connectivity index (χ4v) is 2.75. The van der Waals surface area contributed by atoms with E-state index in [1.54, 1.807) is 25.3 Å². The number of benzene rings is 2. The molecule has 0 aliphatic heterocycles. The van der Waals surface area contributed by atoms with Crippen LogP contribution >= 0.6 is 15.9 Å². The van der Waals surface area contributed by atoms with Crippen molar-refractivity contribution in [2.75, 3.05) is 7.11 Å². The molecule has 3 rings (SSSR count). The quantitative estimate of drug-likeness (QED) is 0.704. The molecule has 2 aromatic carbocycles. The number of hydrogen-bond acceptors (Lipinski definition) is 5. The highest BCUT2D eigenvalue weighted by Crippen LogP contribution is 2.21. The lowest BCUT2D eigenvalue weighted by molar-refractivity contribution is 0.0946. The van der Waals surface area contributed by atoms with Crippen LogP contribution in [0.1, 0.15) is 21.8 Å². The normalized spacial score (nSPS) is 10.5. The average Bonchev–Trinajstić information content (AvgIpc) is 3.08. The van der Waals surface area contributed by atoms with Crippen LogP contribution in [0.15, 0.2) is 51.5 Å². The van der Waals surface area contributed by atoms with E-state index < -0.39 is 0 Å². The highest BCUT2D eigenvalue weighted by Gasteiger charge is 2.12. The van der Waals surface area contributed by atoms with E-state index in [0.717, 1.165) is 21.3 Å². The van der Waals surface area contributed by atoms with Crippen LogP contribution in [-0.2, 0) is 6.54 Å². The lowest BCUT2D eigenvalue weighted by Gasteiger charge is -2.07. The highest BCUT2D eigenvalue weighted by atomic mass is 79.9. The molecule has 3 aromatic rings. The highest BCUT2D eigenvalue weighted by molar-refractivity contribution is 9.10. The van der Waals surface area contributed by atoms with Crippen LogP contribution < -0.4 is 10.1 Å². The van der Waals surface area contributed by atoms with Gasteiger partial charge in [-0.3, -0.25) is 4.79 Å². The maximum Gasteiger partial charge on any atom is 0.251 e. The summed E-state index contributed by atoms with van der Waals surface area (Å²) in [6.45, 7) is 2.04. The third-order valence-electron chi connectivity index (χ3n) is 3.61. The van der Waals surface area contributed by atoms with Crippen molar-refractivity contribution >= 4 is 21.8 Å². The number of hydrogen-bond donors (Lipinski definition) is 1. The first-order chi connectivity index (χ1) is 12.1. The van der Waals surface area contributed by atoms with E-state index in [1.807, 2.05) is 31.2 Å². The molecule has 0 fully saturated rings. The molecule has 0 saturated heterocycles. The molecule has 1 aromatic heterocycles. The number of carbonyl (C=O) groups excluding carboxylic acids is 1. The molecule has 6 nitrogen and oxygen atoms in total. The van der Waals surface area contributed by atoms with E-state index in [9.17, 15) is 4.79 Å². The topological polar surface area (TPSA) is 77.2 Å². The number of aromatic nitrogens is 2. The number of methoxy groups -OCH3 is 1. The van der Waals surface area contributed by atoms with E-state index in [4.69, 9.17) is 9.26 Å². The Morgan fingerprint density at radius 2 is 2.12 bits per heavy atom. The Balaban J connectivity index is 1.66. The van der Waals surface area contributed by atoms with Crippen LogP contribution in [0.4, 0.5) is 0 Å². The third-order valence-corrected chi connectivity index (χ3v) is 4.10. The van der Waals surface area contributed by atoms with Crippen LogP contribution in [0.25, 0.3) is 11.4 Å². The Morgan fingerprint density at radius 3 is 2.84 bits per heavy atom. The summed E-state index contributed by atoms with van der Waals surface area (Å²) in [5.74, 6) is 1.35. The molecule has 0 unspecified atom stereocenters. The second-order valence-electron chi connectivity index (χ2n) is 5.39. The number of aryl methyl sites for hydroxylation is 1. The summed E-state index contributed by atoms with van der Waals surface area (Å²) in [6.07, 6.45) is 0. The van der Waals surface area contributed by atoms with Gasteiger partial charge in [-0.2, -0.15) is 4.98 Å². The summed E-state index contributed by atoms with van der Waals surface area (Å²) in [5.41, 5.74) is 2.27. The number of ether oxygens (including phenoxy) is 1. The van der Waals surface area contributed by atoms with Crippen molar-refractivity contribution in [3.05, 3.63) is 64.0 Å². The van der Waals surface area contributed by atoms with Crippen LogP contribution in [0.5, 0.6) is 5.75 Å². The largest absolute Gasteiger partial charge is 0.496 e. The van der Waals surface area contributed by atoms with Crippen molar-refractivity contribution < 1.29 is 14.1 Å². The summed E-state index contributed by atoms with van der Waals surface area (Å²) >= 11 is 3.41. The number of amides is 1. The Kier molecular flexibility index (Phi) is 5.14. The van der Waals surface area contributed by atoms with Gasteiger partial charge in [-0.15, -0.1) is 0 Å². The maximum absolute atomic E-state index is 12.2. The Bertz CT molecular complexity index is 908. The first-order valence-electron chi connectivity index (χ1n) is 7.58. The fourth-order valence-electron chi connectivity index (χ4n) is 2.35. The van der Waals surface area contributed by atoms with Gasteiger partial charge in [0.05, 0.1) is 13.7 Å². The van der Waals surface area contributed by atoms with Gasteiger partial charge in [0.1, 0.15) is 5.75 Å². The molecule has 1 amide bonds. The first kappa shape index (κ1) is 17.2. The SMILES string of the molecule is COc1ccc(C(=O)NCc2nc(-c3cccc(Br)c3)no2)cc1C. The molecule has 1 heterocycles. The molecule has 0 aliphatic rings. The zero-order valence-corrected chi connectivity index (χ0v) is 15.3. The molecule has 1 N–H and O–H groups in total. The van der Waals surface area contributed by atoms with Gasteiger partial charge in [-0.1, -0.05) is 33.2 Å². The fraction of sp³-hybridized carbons (Fsp3) is 0.167. The first-order valence-corrected chi connectivity index (χ1v) is 8.37. The molecule has 25 heavy (non-hydrogen) atoms. The van der Waals surface area contributed by atoms with Gasteiger partial charge >= 0.3 is 0 Å². The van der Waals surface area contributed by atoms with Gasteiger partial charge in [-0.05, 0) is 42.8 Å². The molecule has 0 saturated carbocycles. The van der Waals surface area contributed by atoms with Crippen LogP contribution in [0.3, 0.4) is 0 Å². The number of halogens is 1. The molecule has 0 aliphatic carbocycles. The molecular weight excluding hydrogens is 386 g/mol. The summed E-state index contributed by atoms with van der Waals surface area (Å²) in [6, 6.07) is 12.8. The Hall–Kier alpha value is -2.67.